The molecule has 0 saturated heterocycles. The van der Waals surface area contributed by atoms with Crippen LogP contribution in [-0.4, -0.2) is 22.0 Å². The Labute approximate surface area is 198 Å². The fourth-order valence-electron chi connectivity index (χ4n) is 4.19. The van der Waals surface area contributed by atoms with Gasteiger partial charge in [-0.2, -0.15) is 14.9 Å². The van der Waals surface area contributed by atoms with Crippen LogP contribution in [0, 0.1) is 18.3 Å². The third kappa shape index (κ3) is 5.89. The molecule has 0 aliphatic heterocycles. The second kappa shape index (κ2) is 11.5. The summed E-state index contributed by atoms with van der Waals surface area (Å²) in [6.07, 6.45) is 9.19. The molecule has 0 atom stereocenters. The van der Waals surface area contributed by atoms with Crippen molar-refractivity contribution in [1.29, 1.82) is 5.26 Å². The highest BCUT2D eigenvalue weighted by molar-refractivity contribution is 6.02. The van der Waals surface area contributed by atoms with E-state index in [1.54, 1.807) is 24.5 Å². The van der Waals surface area contributed by atoms with E-state index in [1.165, 1.54) is 0 Å². The number of nitrogens with one attached hydrogen (secondary N) is 1. The Hall–Kier alpha value is -4.40. The topological polar surface area (TPSA) is 113 Å². The summed E-state index contributed by atoms with van der Waals surface area (Å²) in [5.74, 6) is -0.363. The number of nitriles is 1. The van der Waals surface area contributed by atoms with Crippen LogP contribution in [-0.2, 0) is 19.9 Å². The van der Waals surface area contributed by atoms with E-state index in [4.69, 9.17) is 9.59 Å². The lowest BCUT2D eigenvalue weighted by Crippen LogP contribution is -2.44. The van der Waals surface area contributed by atoms with Crippen molar-refractivity contribution in [3.63, 3.8) is 0 Å². The summed E-state index contributed by atoms with van der Waals surface area (Å²) < 4.78 is 0. The summed E-state index contributed by atoms with van der Waals surface area (Å²) in [5, 5.41) is 12.9. The molecule has 34 heavy (non-hydrogen) atoms. The maximum atomic E-state index is 13.1. The lowest BCUT2D eigenvalue weighted by molar-refractivity contribution is -0.191. The Kier molecular flexibility index (Phi) is 8.17. The van der Waals surface area contributed by atoms with Gasteiger partial charge in [-0.05, 0) is 55.2 Å². The third-order valence-electron chi connectivity index (χ3n) is 5.73. The summed E-state index contributed by atoms with van der Waals surface area (Å²) in [6.45, 7) is 1.98. The van der Waals surface area contributed by atoms with E-state index in [9.17, 15) is 10.1 Å². The monoisotopic (exact) mass is 452 g/mol. The van der Waals surface area contributed by atoms with Gasteiger partial charge in [0, 0.05) is 18.0 Å². The minimum atomic E-state index is -0.420. The number of hydrogen-bond donors (Lipinski definition) is 1. The minimum Gasteiger partial charge on any atom is -0.342 e. The summed E-state index contributed by atoms with van der Waals surface area (Å²) in [5.41, 5.74) is 3.97. The molecule has 170 valence electrons. The SMILES string of the molecule is Cc1cncc(-c2cccc(/C=C(\C#N)C(=O)NC3(c4ccccc4)CCCC3)n2)c1.O=C=O. The number of amides is 1. The van der Waals surface area contributed by atoms with Crippen molar-refractivity contribution in [2.45, 2.75) is 38.1 Å². The van der Waals surface area contributed by atoms with E-state index >= 15 is 0 Å². The third-order valence-corrected chi connectivity index (χ3v) is 5.73. The van der Waals surface area contributed by atoms with Crippen molar-refractivity contribution in [2.24, 2.45) is 0 Å². The Morgan fingerprint density at radius 3 is 2.41 bits per heavy atom. The molecule has 2 heterocycles. The second-order valence-electron chi connectivity index (χ2n) is 8.06. The van der Waals surface area contributed by atoms with Crippen LogP contribution in [0.25, 0.3) is 17.3 Å². The number of aryl methyl sites for hydroxylation is 1. The minimum absolute atomic E-state index is 0.0502. The van der Waals surface area contributed by atoms with Gasteiger partial charge in [0.1, 0.15) is 11.6 Å². The highest BCUT2D eigenvalue weighted by Crippen LogP contribution is 2.38. The Morgan fingerprint density at radius 2 is 1.76 bits per heavy atom. The molecule has 3 aromatic rings. The first kappa shape index (κ1) is 24.2. The van der Waals surface area contributed by atoms with Gasteiger partial charge >= 0.3 is 6.15 Å². The maximum absolute atomic E-state index is 13.1. The predicted octanol–water partition coefficient (Wildman–Crippen LogP) is 4.36. The van der Waals surface area contributed by atoms with E-state index in [1.807, 2.05) is 55.5 Å². The van der Waals surface area contributed by atoms with Crippen LogP contribution in [0.15, 0.2) is 72.6 Å². The van der Waals surface area contributed by atoms with Crippen molar-refractivity contribution in [1.82, 2.24) is 15.3 Å². The molecule has 4 rings (SSSR count). The van der Waals surface area contributed by atoms with Crippen molar-refractivity contribution in [3.8, 4) is 17.3 Å². The molecular weight excluding hydrogens is 428 g/mol. The van der Waals surface area contributed by atoms with Crippen LogP contribution in [0.4, 0.5) is 0 Å². The van der Waals surface area contributed by atoms with E-state index in [0.29, 0.717) is 5.69 Å². The Balaban J connectivity index is 0.00000103. The number of hydrogen-bond acceptors (Lipinski definition) is 6. The molecule has 1 fully saturated rings. The van der Waals surface area contributed by atoms with Crippen LogP contribution >= 0.6 is 0 Å². The molecule has 1 aliphatic carbocycles. The largest absolute Gasteiger partial charge is 0.373 e. The van der Waals surface area contributed by atoms with Gasteiger partial charge in [-0.1, -0.05) is 49.2 Å². The number of benzene rings is 1. The smallest absolute Gasteiger partial charge is 0.342 e. The Bertz CT molecular complexity index is 1250. The molecule has 1 amide bonds. The van der Waals surface area contributed by atoms with Gasteiger partial charge in [0.25, 0.3) is 5.91 Å². The van der Waals surface area contributed by atoms with Gasteiger partial charge in [0.05, 0.1) is 16.9 Å². The predicted molar refractivity (Wildman–Crippen MR) is 126 cm³/mol. The van der Waals surface area contributed by atoms with Crippen molar-refractivity contribution in [3.05, 3.63) is 89.4 Å². The molecular formula is C27H24N4O3. The van der Waals surface area contributed by atoms with Crippen molar-refractivity contribution < 1.29 is 14.4 Å². The number of carbonyl (C=O) groups is 1. The fourth-order valence-corrected chi connectivity index (χ4v) is 4.19. The highest BCUT2D eigenvalue weighted by Gasteiger charge is 2.37. The molecule has 0 radical (unpaired) electrons. The molecule has 7 heteroatoms. The number of rotatable bonds is 5. The average Bonchev–Trinajstić information content (AvgIpc) is 3.33. The highest BCUT2D eigenvalue weighted by atomic mass is 16.2. The van der Waals surface area contributed by atoms with Gasteiger partial charge in [-0.15, -0.1) is 0 Å². The standard InChI is InChI=1S/C26H24N4O.CO2/c1-19-14-21(18-28-17-19)24-11-7-10-23(29-24)15-20(16-27)25(31)30-26(12-5-6-13-26)22-8-3-2-4-9-22;2-1-3/h2-4,7-11,14-15,17-18H,5-6,12-13H2,1H3,(H,30,31);/b20-15+;. The molecule has 0 spiro atoms. The molecule has 0 bridgehead atoms. The first-order chi connectivity index (χ1) is 16.5. The van der Waals surface area contributed by atoms with E-state index in [-0.39, 0.29) is 17.6 Å². The van der Waals surface area contributed by atoms with E-state index < -0.39 is 5.54 Å². The van der Waals surface area contributed by atoms with Gasteiger partial charge in [0.15, 0.2) is 0 Å². The van der Waals surface area contributed by atoms with Crippen molar-refractivity contribution in [2.75, 3.05) is 0 Å². The zero-order valence-electron chi connectivity index (χ0n) is 18.8. The first-order valence-corrected chi connectivity index (χ1v) is 10.9. The zero-order valence-corrected chi connectivity index (χ0v) is 18.8. The van der Waals surface area contributed by atoms with E-state index in [0.717, 1.165) is 48.1 Å². The Morgan fingerprint density at radius 1 is 1.06 bits per heavy atom. The van der Waals surface area contributed by atoms with Crippen LogP contribution in [0.5, 0.6) is 0 Å². The number of pyridine rings is 2. The lowest BCUT2D eigenvalue weighted by Gasteiger charge is -2.31. The molecule has 1 saturated carbocycles. The molecule has 0 unspecified atom stereocenters. The summed E-state index contributed by atoms with van der Waals surface area (Å²) in [6, 6.07) is 19.6. The van der Waals surface area contributed by atoms with Crippen LogP contribution in [0.3, 0.4) is 0 Å². The maximum Gasteiger partial charge on any atom is 0.373 e. The van der Waals surface area contributed by atoms with Gasteiger partial charge in [-0.25, -0.2) is 4.98 Å². The van der Waals surface area contributed by atoms with Gasteiger partial charge < -0.3 is 5.32 Å². The normalized spacial score (nSPS) is 14.2. The quantitative estimate of drug-likeness (QED) is 0.455. The van der Waals surface area contributed by atoms with Crippen molar-refractivity contribution >= 4 is 18.1 Å². The first-order valence-electron chi connectivity index (χ1n) is 10.9. The molecule has 2 aromatic heterocycles. The fraction of sp³-hybridized carbons (Fsp3) is 0.222. The number of aromatic nitrogens is 2. The number of nitrogens with zero attached hydrogens (tertiary/aromatic N) is 3. The zero-order chi connectivity index (χ0) is 24.4. The van der Waals surface area contributed by atoms with Crippen LogP contribution < -0.4 is 5.32 Å². The van der Waals surface area contributed by atoms with Crippen LogP contribution in [0.1, 0.15) is 42.5 Å². The summed E-state index contributed by atoms with van der Waals surface area (Å²) in [7, 11) is 0. The van der Waals surface area contributed by atoms with E-state index in [2.05, 4.69) is 21.4 Å². The molecule has 1 N–H and O–H groups in total. The number of carbonyl (C=O) groups excluding carboxylic acids is 3. The summed E-state index contributed by atoms with van der Waals surface area (Å²) >= 11 is 0. The van der Waals surface area contributed by atoms with Gasteiger partial charge in [-0.3, -0.25) is 9.78 Å². The summed E-state index contributed by atoms with van der Waals surface area (Å²) in [4.78, 5) is 38.2. The molecule has 7 nitrogen and oxygen atoms in total. The molecule has 1 aliphatic rings. The van der Waals surface area contributed by atoms with Crippen LogP contribution in [0.2, 0.25) is 0 Å². The second-order valence-corrected chi connectivity index (χ2v) is 8.06. The average molecular weight is 453 g/mol. The molecule has 1 aromatic carbocycles. The lowest BCUT2D eigenvalue weighted by atomic mass is 9.88. The van der Waals surface area contributed by atoms with Gasteiger partial charge in [0.2, 0.25) is 0 Å².